The van der Waals surface area contributed by atoms with Gasteiger partial charge >= 0.3 is 5.97 Å². The molecule has 2 aromatic rings. The van der Waals surface area contributed by atoms with E-state index in [0.29, 0.717) is 17.2 Å². The number of amides is 2. The number of nitrogens with zero attached hydrogens (tertiary/aromatic N) is 1. The number of carbonyl (C=O) groups excluding carboxylic acids is 3. The van der Waals surface area contributed by atoms with Crippen LogP contribution in [0.3, 0.4) is 0 Å². The zero-order valence-electron chi connectivity index (χ0n) is 17.1. The van der Waals surface area contributed by atoms with Gasteiger partial charge in [-0.25, -0.2) is 4.79 Å². The molecular formula is C24H28N2O4. The molecule has 0 saturated heterocycles. The van der Waals surface area contributed by atoms with Crippen molar-refractivity contribution in [2.45, 2.75) is 44.4 Å². The lowest BCUT2D eigenvalue weighted by atomic mass is 9.84. The number of ether oxygens (including phenoxy) is 1. The predicted molar refractivity (Wildman–Crippen MR) is 115 cm³/mol. The fraction of sp³-hybridized carbons (Fsp3) is 0.375. The third-order valence-electron chi connectivity index (χ3n) is 5.50. The molecule has 0 heterocycles. The van der Waals surface area contributed by atoms with E-state index in [9.17, 15) is 14.4 Å². The van der Waals surface area contributed by atoms with Crippen molar-refractivity contribution in [2.75, 3.05) is 18.1 Å². The Balaban J connectivity index is 1.59. The zero-order chi connectivity index (χ0) is 21.3. The normalized spacial score (nSPS) is 14.1. The Morgan fingerprint density at radius 3 is 2.23 bits per heavy atom. The fourth-order valence-corrected chi connectivity index (χ4v) is 3.84. The quantitative estimate of drug-likeness (QED) is 0.673. The van der Waals surface area contributed by atoms with E-state index in [1.165, 1.54) is 42.6 Å². The fourth-order valence-electron chi connectivity index (χ4n) is 3.84. The van der Waals surface area contributed by atoms with Gasteiger partial charge in [0.1, 0.15) is 0 Å². The van der Waals surface area contributed by atoms with E-state index in [2.05, 4.69) is 0 Å². The van der Waals surface area contributed by atoms with Crippen LogP contribution < -0.4 is 10.6 Å². The highest BCUT2D eigenvalue weighted by atomic mass is 16.5. The second kappa shape index (κ2) is 10.6. The van der Waals surface area contributed by atoms with E-state index in [0.717, 1.165) is 0 Å². The molecule has 1 saturated carbocycles. The molecule has 1 aliphatic carbocycles. The number of benzene rings is 2. The molecule has 158 valence electrons. The molecule has 0 radical (unpaired) electrons. The number of nitrogens with two attached hydrogens (primary N) is 1. The molecule has 1 aliphatic rings. The topological polar surface area (TPSA) is 89.7 Å². The first-order valence-corrected chi connectivity index (χ1v) is 10.5. The Morgan fingerprint density at radius 2 is 1.60 bits per heavy atom. The summed E-state index contributed by atoms with van der Waals surface area (Å²) in [4.78, 5) is 37.6. The summed E-state index contributed by atoms with van der Waals surface area (Å²) in [5, 5.41) is 0. The monoisotopic (exact) mass is 408 g/mol. The van der Waals surface area contributed by atoms with Gasteiger partial charge in [0.25, 0.3) is 5.91 Å². The van der Waals surface area contributed by atoms with E-state index in [4.69, 9.17) is 10.5 Å². The average Bonchev–Trinajstić information content (AvgIpc) is 2.79. The Morgan fingerprint density at radius 1 is 0.933 bits per heavy atom. The van der Waals surface area contributed by atoms with Crippen molar-refractivity contribution in [1.29, 1.82) is 0 Å². The van der Waals surface area contributed by atoms with Crippen LogP contribution in [0.25, 0.3) is 0 Å². The number of anilines is 1. The summed E-state index contributed by atoms with van der Waals surface area (Å²) in [5.41, 5.74) is 7.52. The summed E-state index contributed by atoms with van der Waals surface area (Å²) in [5.74, 6) is -0.884. The van der Waals surface area contributed by atoms with E-state index in [1.807, 2.05) is 18.2 Å². The summed E-state index contributed by atoms with van der Waals surface area (Å²) < 4.78 is 5.24. The van der Waals surface area contributed by atoms with Crippen LogP contribution in [0.4, 0.5) is 5.69 Å². The predicted octanol–water partition coefficient (Wildman–Crippen LogP) is 3.80. The molecule has 6 heteroatoms. The highest BCUT2D eigenvalue weighted by molar-refractivity contribution is 5.97. The molecule has 1 fully saturated rings. The number of primary amides is 1. The van der Waals surface area contributed by atoms with Crippen LogP contribution in [-0.2, 0) is 14.3 Å². The second-order valence-corrected chi connectivity index (χ2v) is 7.63. The van der Waals surface area contributed by atoms with Gasteiger partial charge in [0.05, 0.1) is 5.56 Å². The van der Waals surface area contributed by atoms with Crippen molar-refractivity contribution in [1.82, 2.24) is 0 Å². The maximum Gasteiger partial charge on any atom is 0.338 e. The Hall–Kier alpha value is -3.15. The van der Waals surface area contributed by atoms with E-state index < -0.39 is 24.4 Å². The maximum absolute atomic E-state index is 12.6. The molecule has 30 heavy (non-hydrogen) atoms. The van der Waals surface area contributed by atoms with E-state index >= 15 is 0 Å². The Kier molecular flexibility index (Phi) is 7.60. The van der Waals surface area contributed by atoms with Crippen molar-refractivity contribution in [3.8, 4) is 0 Å². The molecule has 0 aromatic heterocycles. The van der Waals surface area contributed by atoms with Gasteiger partial charge in [-0.3, -0.25) is 9.59 Å². The largest absolute Gasteiger partial charge is 0.452 e. The molecule has 0 spiro atoms. The molecule has 2 amide bonds. The number of carbonyl (C=O) groups is 3. The number of hydrogen-bond donors (Lipinski definition) is 1. The molecule has 0 bridgehead atoms. The molecule has 2 aromatic carbocycles. The summed E-state index contributed by atoms with van der Waals surface area (Å²) in [6.07, 6.45) is 6.22. The summed E-state index contributed by atoms with van der Waals surface area (Å²) in [6.45, 7) is -0.275. The summed E-state index contributed by atoms with van der Waals surface area (Å²) in [7, 11) is 0. The van der Waals surface area contributed by atoms with Crippen molar-refractivity contribution in [3.05, 3.63) is 65.7 Å². The molecule has 0 atom stereocenters. The first-order chi connectivity index (χ1) is 14.5. The van der Waals surface area contributed by atoms with Gasteiger partial charge in [-0.05, 0) is 48.6 Å². The zero-order valence-corrected chi connectivity index (χ0v) is 17.1. The lowest BCUT2D eigenvalue weighted by Gasteiger charge is -2.22. The second-order valence-electron chi connectivity index (χ2n) is 7.63. The Labute approximate surface area is 177 Å². The molecule has 0 aliphatic heterocycles. The molecular weight excluding hydrogens is 380 g/mol. The first kappa shape index (κ1) is 21.6. The minimum absolute atomic E-state index is 0.0250. The van der Waals surface area contributed by atoms with Gasteiger partial charge < -0.3 is 15.4 Å². The third kappa shape index (κ3) is 5.92. The van der Waals surface area contributed by atoms with Crippen molar-refractivity contribution < 1.29 is 19.1 Å². The number of hydrogen-bond acceptors (Lipinski definition) is 4. The van der Waals surface area contributed by atoms with E-state index in [-0.39, 0.29) is 13.0 Å². The lowest BCUT2D eigenvalue weighted by Crippen LogP contribution is -2.37. The van der Waals surface area contributed by atoms with Gasteiger partial charge in [-0.1, -0.05) is 49.6 Å². The van der Waals surface area contributed by atoms with Crippen LogP contribution in [0, 0.1) is 0 Å². The standard InChI is InChI=1S/C24H28N2O4/c25-22(27)15-16-26(21-9-5-2-6-10-21)23(28)17-30-24(29)20-13-11-19(12-14-20)18-7-3-1-4-8-18/h2,5-6,9-14,18H,1,3-4,7-8,15-17H2,(H2,25,27). The van der Waals surface area contributed by atoms with Crippen molar-refractivity contribution >= 4 is 23.5 Å². The summed E-state index contributed by atoms with van der Waals surface area (Å²) >= 11 is 0. The highest BCUT2D eigenvalue weighted by Crippen LogP contribution is 2.32. The van der Waals surface area contributed by atoms with Crippen molar-refractivity contribution in [3.63, 3.8) is 0 Å². The number of para-hydroxylation sites is 1. The van der Waals surface area contributed by atoms with Crippen LogP contribution in [0.1, 0.15) is 60.4 Å². The average molecular weight is 408 g/mol. The van der Waals surface area contributed by atoms with Crippen molar-refractivity contribution in [2.24, 2.45) is 5.73 Å². The van der Waals surface area contributed by atoms with Gasteiger partial charge in [0, 0.05) is 18.7 Å². The Bertz CT molecular complexity index is 859. The van der Waals surface area contributed by atoms with Crippen LogP contribution in [-0.4, -0.2) is 30.9 Å². The smallest absolute Gasteiger partial charge is 0.338 e. The van der Waals surface area contributed by atoms with Crippen LogP contribution in [0.2, 0.25) is 0 Å². The van der Waals surface area contributed by atoms with Gasteiger partial charge in [0.15, 0.2) is 6.61 Å². The third-order valence-corrected chi connectivity index (χ3v) is 5.50. The molecule has 6 nitrogen and oxygen atoms in total. The lowest BCUT2D eigenvalue weighted by molar-refractivity contribution is -0.121. The van der Waals surface area contributed by atoms with E-state index in [1.54, 1.807) is 36.4 Å². The molecule has 2 N–H and O–H groups in total. The van der Waals surface area contributed by atoms with Crippen LogP contribution >= 0.6 is 0 Å². The SMILES string of the molecule is NC(=O)CCN(C(=O)COC(=O)c1ccc(C2CCCCC2)cc1)c1ccccc1. The minimum Gasteiger partial charge on any atom is -0.452 e. The van der Waals surface area contributed by atoms with Gasteiger partial charge in [0.2, 0.25) is 5.91 Å². The number of rotatable bonds is 8. The van der Waals surface area contributed by atoms with Gasteiger partial charge in [-0.15, -0.1) is 0 Å². The highest BCUT2D eigenvalue weighted by Gasteiger charge is 2.20. The maximum atomic E-state index is 12.6. The minimum atomic E-state index is -0.540. The molecule has 3 rings (SSSR count). The molecule has 0 unspecified atom stereocenters. The first-order valence-electron chi connectivity index (χ1n) is 10.5. The van der Waals surface area contributed by atoms with Crippen LogP contribution in [0.15, 0.2) is 54.6 Å². The number of esters is 1. The summed E-state index contributed by atoms with van der Waals surface area (Å²) in [6, 6.07) is 16.4. The van der Waals surface area contributed by atoms with Crippen LogP contribution in [0.5, 0.6) is 0 Å². The van der Waals surface area contributed by atoms with Gasteiger partial charge in [-0.2, -0.15) is 0 Å².